The monoisotopic (exact) mass is 434 g/mol. The third-order valence-corrected chi connectivity index (χ3v) is 5.41. The van der Waals surface area contributed by atoms with E-state index >= 15 is 0 Å². The molecule has 4 rings (SSSR count). The number of nitrogens with one attached hydrogen (secondary N) is 2. The van der Waals surface area contributed by atoms with Gasteiger partial charge in [-0.1, -0.05) is 13.0 Å². The Morgan fingerprint density at radius 2 is 2.06 bits per heavy atom. The van der Waals surface area contributed by atoms with Crippen molar-refractivity contribution in [1.29, 1.82) is 0 Å². The lowest BCUT2D eigenvalue weighted by Crippen LogP contribution is -2.49. The van der Waals surface area contributed by atoms with Crippen LogP contribution in [-0.2, 0) is 0 Å². The zero-order valence-electron chi connectivity index (χ0n) is 16.7. The van der Waals surface area contributed by atoms with Crippen LogP contribution in [0.25, 0.3) is 0 Å². The molecular weight excluding hydrogens is 413 g/mol. The number of hydrogen-bond acceptors (Lipinski definition) is 5. The molecule has 2 aliphatic heterocycles. The number of fused-ring (bicyclic) bond motifs is 4. The Kier molecular flexibility index (Phi) is 5.42. The molecule has 2 aromatic heterocycles. The zero-order chi connectivity index (χ0) is 22.2. The van der Waals surface area contributed by atoms with Crippen molar-refractivity contribution in [2.45, 2.75) is 38.0 Å². The molecule has 0 radical (unpaired) electrons. The molecule has 2 bridgehead atoms. The minimum Gasteiger partial charge on any atom is -0.366 e. The number of hydrogen-bond donors (Lipinski definition) is 2. The normalized spacial score (nSPS) is 18.4. The standard InChI is InChI=1S/C20H21F3N6O2/c1-2-15(20(21,22)23)26-18(30)13-6-7-14-17(25-13)29(12-8-10-28(14)11-12)19(31)27-16-5-3-4-9-24-16/h3-7,9,12,15H,2,8,10-11H2,1H3,(H,26,30)(H,24,27,31)/t12-,15+/m0/s1. The molecule has 0 aromatic carbocycles. The molecular formula is C20H21F3N6O2. The number of amides is 3. The minimum absolute atomic E-state index is 0.166. The molecule has 11 heteroatoms. The SMILES string of the molecule is CC[C@@H](NC(=O)c1ccc2c(n1)N(C(=O)Nc1ccccn1)[C@H]1CCN2C1)C(F)(F)F. The van der Waals surface area contributed by atoms with Crippen LogP contribution in [0.1, 0.15) is 30.3 Å². The molecule has 164 valence electrons. The van der Waals surface area contributed by atoms with E-state index in [4.69, 9.17) is 0 Å². The summed E-state index contributed by atoms with van der Waals surface area (Å²) in [6, 6.07) is 5.50. The highest BCUT2D eigenvalue weighted by Gasteiger charge is 2.42. The first-order valence-electron chi connectivity index (χ1n) is 9.92. The molecule has 31 heavy (non-hydrogen) atoms. The van der Waals surface area contributed by atoms with Crippen molar-refractivity contribution in [3.63, 3.8) is 0 Å². The van der Waals surface area contributed by atoms with E-state index in [0.717, 1.165) is 0 Å². The van der Waals surface area contributed by atoms with Crippen molar-refractivity contribution >= 4 is 29.3 Å². The highest BCUT2D eigenvalue weighted by molar-refractivity contribution is 6.05. The molecule has 0 aliphatic carbocycles. The van der Waals surface area contributed by atoms with Crippen LogP contribution in [0, 0.1) is 0 Å². The maximum atomic E-state index is 13.0. The molecule has 2 aliphatic rings. The highest BCUT2D eigenvalue weighted by atomic mass is 19.4. The van der Waals surface area contributed by atoms with E-state index in [-0.39, 0.29) is 24.0 Å². The second kappa shape index (κ2) is 8.05. The number of aromatic nitrogens is 2. The van der Waals surface area contributed by atoms with Gasteiger partial charge in [-0.3, -0.25) is 15.0 Å². The van der Waals surface area contributed by atoms with Gasteiger partial charge in [0.05, 0.1) is 11.7 Å². The van der Waals surface area contributed by atoms with Crippen LogP contribution in [0.5, 0.6) is 0 Å². The number of nitrogens with zero attached hydrogens (tertiary/aromatic N) is 4. The highest BCUT2D eigenvalue weighted by Crippen LogP contribution is 2.39. The fourth-order valence-electron chi connectivity index (χ4n) is 3.85. The first kappa shape index (κ1) is 20.9. The molecule has 0 spiro atoms. The van der Waals surface area contributed by atoms with Crippen molar-refractivity contribution in [2.75, 3.05) is 28.2 Å². The lowest BCUT2D eigenvalue weighted by molar-refractivity contribution is -0.153. The minimum atomic E-state index is -4.56. The van der Waals surface area contributed by atoms with E-state index in [1.807, 2.05) is 10.2 Å². The molecule has 2 aromatic rings. The second-order valence-electron chi connectivity index (χ2n) is 7.42. The average Bonchev–Trinajstić information content (AvgIpc) is 3.15. The van der Waals surface area contributed by atoms with Gasteiger partial charge in [0.2, 0.25) is 0 Å². The Hall–Kier alpha value is -3.37. The fraction of sp³-hybridized carbons (Fsp3) is 0.400. The van der Waals surface area contributed by atoms with Crippen LogP contribution >= 0.6 is 0 Å². The number of urea groups is 1. The Morgan fingerprint density at radius 1 is 1.26 bits per heavy atom. The van der Waals surface area contributed by atoms with Gasteiger partial charge in [0.1, 0.15) is 17.6 Å². The van der Waals surface area contributed by atoms with Gasteiger partial charge in [0, 0.05) is 19.3 Å². The van der Waals surface area contributed by atoms with Gasteiger partial charge in [-0.2, -0.15) is 13.2 Å². The summed E-state index contributed by atoms with van der Waals surface area (Å²) in [6.07, 6.45) is -2.60. The lowest BCUT2D eigenvalue weighted by Gasteiger charge is -2.35. The van der Waals surface area contributed by atoms with E-state index in [1.165, 1.54) is 17.9 Å². The van der Waals surface area contributed by atoms with Crippen LogP contribution in [0.4, 0.5) is 35.3 Å². The molecule has 3 amide bonds. The predicted molar refractivity (Wildman–Crippen MR) is 108 cm³/mol. The number of anilines is 3. The summed E-state index contributed by atoms with van der Waals surface area (Å²) in [4.78, 5) is 37.4. The quantitative estimate of drug-likeness (QED) is 0.772. The van der Waals surface area contributed by atoms with Gasteiger partial charge in [0.15, 0.2) is 5.82 Å². The van der Waals surface area contributed by atoms with Gasteiger partial charge in [-0.05, 0) is 37.1 Å². The molecule has 1 fully saturated rings. The van der Waals surface area contributed by atoms with Crippen LogP contribution in [0.2, 0.25) is 0 Å². The number of pyridine rings is 2. The number of carbonyl (C=O) groups is 2. The third-order valence-electron chi connectivity index (χ3n) is 5.41. The summed E-state index contributed by atoms with van der Waals surface area (Å²) >= 11 is 0. The molecule has 8 nitrogen and oxygen atoms in total. The van der Waals surface area contributed by atoms with Crippen molar-refractivity contribution in [3.8, 4) is 0 Å². The summed E-state index contributed by atoms with van der Waals surface area (Å²) in [6.45, 7) is 2.67. The summed E-state index contributed by atoms with van der Waals surface area (Å²) < 4.78 is 39.1. The summed E-state index contributed by atoms with van der Waals surface area (Å²) in [7, 11) is 0. The van der Waals surface area contributed by atoms with E-state index in [1.54, 1.807) is 30.5 Å². The van der Waals surface area contributed by atoms with E-state index in [9.17, 15) is 22.8 Å². The fourth-order valence-corrected chi connectivity index (χ4v) is 3.85. The number of alkyl halides is 3. The molecule has 2 N–H and O–H groups in total. The number of carbonyl (C=O) groups excluding carboxylic acids is 2. The first-order chi connectivity index (χ1) is 14.8. The second-order valence-corrected chi connectivity index (χ2v) is 7.42. The van der Waals surface area contributed by atoms with Crippen LogP contribution in [-0.4, -0.2) is 53.3 Å². The van der Waals surface area contributed by atoms with Crippen molar-refractivity contribution in [2.24, 2.45) is 0 Å². The molecule has 2 atom stereocenters. The van der Waals surface area contributed by atoms with E-state index in [0.29, 0.717) is 31.0 Å². The molecule has 0 unspecified atom stereocenters. The van der Waals surface area contributed by atoms with Gasteiger partial charge in [-0.25, -0.2) is 14.8 Å². The largest absolute Gasteiger partial charge is 0.408 e. The summed E-state index contributed by atoms with van der Waals surface area (Å²) in [5.41, 5.74) is 0.476. The Morgan fingerprint density at radius 3 is 2.74 bits per heavy atom. The predicted octanol–water partition coefficient (Wildman–Crippen LogP) is 3.18. The molecule has 0 saturated carbocycles. The smallest absolute Gasteiger partial charge is 0.366 e. The van der Waals surface area contributed by atoms with Crippen molar-refractivity contribution in [1.82, 2.24) is 15.3 Å². The van der Waals surface area contributed by atoms with Crippen LogP contribution < -0.4 is 20.4 Å². The topological polar surface area (TPSA) is 90.5 Å². The summed E-state index contributed by atoms with van der Waals surface area (Å²) in [5.74, 6) is -0.334. The van der Waals surface area contributed by atoms with E-state index in [2.05, 4.69) is 15.3 Å². The maximum absolute atomic E-state index is 13.0. The Balaban J connectivity index is 1.63. The molecule has 1 saturated heterocycles. The van der Waals surface area contributed by atoms with Gasteiger partial charge >= 0.3 is 12.2 Å². The van der Waals surface area contributed by atoms with Crippen molar-refractivity contribution in [3.05, 3.63) is 42.2 Å². The average molecular weight is 434 g/mol. The third kappa shape index (κ3) is 4.12. The number of rotatable bonds is 4. The van der Waals surface area contributed by atoms with E-state index < -0.39 is 24.2 Å². The van der Waals surface area contributed by atoms with Gasteiger partial charge in [-0.15, -0.1) is 0 Å². The lowest BCUT2D eigenvalue weighted by atomic mass is 10.1. The van der Waals surface area contributed by atoms with Crippen LogP contribution in [0.15, 0.2) is 36.5 Å². The zero-order valence-corrected chi connectivity index (χ0v) is 16.7. The van der Waals surface area contributed by atoms with Gasteiger partial charge in [0.25, 0.3) is 5.91 Å². The Labute approximate surface area is 176 Å². The first-order valence-corrected chi connectivity index (χ1v) is 9.92. The maximum Gasteiger partial charge on any atom is 0.408 e. The Bertz CT molecular complexity index is 985. The van der Waals surface area contributed by atoms with Crippen LogP contribution in [0.3, 0.4) is 0 Å². The van der Waals surface area contributed by atoms with Gasteiger partial charge < -0.3 is 10.2 Å². The van der Waals surface area contributed by atoms with Crippen molar-refractivity contribution < 1.29 is 22.8 Å². The summed E-state index contributed by atoms with van der Waals surface area (Å²) in [5, 5.41) is 4.70. The molecule has 4 heterocycles. The number of halogens is 3.